The van der Waals surface area contributed by atoms with E-state index in [0.717, 1.165) is 43.7 Å². The number of rotatable bonds is 8. The Labute approximate surface area is 227 Å². The van der Waals surface area contributed by atoms with Gasteiger partial charge in [-0.15, -0.1) is 0 Å². The van der Waals surface area contributed by atoms with Crippen LogP contribution in [0.2, 0.25) is 0 Å². The number of piperazine rings is 1. The van der Waals surface area contributed by atoms with Gasteiger partial charge in [0.25, 0.3) is 11.8 Å². The first-order valence-corrected chi connectivity index (χ1v) is 13.8. The van der Waals surface area contributed by atoms with E-state index in [1.807, 2.05) is 4.90 Å². The number of amides is 5. The van der Waals surface area contributed by atoms with Gasteiger partial charge in [0, 0.05) is 56.9 Å². The summed E-state index contributed by atoms with van der Waals surface area (Å²) in [5, 5.41) is 5.31. The number of anilines is 1. The maximum atomic E-state index is 13.2. The van der Waals surface area contributed by atoms with Crippen LogP contribution in [0.5, 0.6) is 0 Å². The Morgan fingerprint density at radius 3 is 2.46 bits per heavy atom. The van der Waals surface area contributed by atoms with Crippen LogP contribution < -0.4 is 16.4 Å². The Morgan fingerprint density at radius 1 is 1.00 bits per heavy atom. The molecule has 3 aliphatic heterocycles. The molecule has 0 spiro atoms. The minimum Gasteiger partial charge on any atom is -0.382 e. The van der Waals surface area contributed by atoms with E-state index < -0.39 is 29.7 Å². The molecule has 12 nitrogen and oxygen atoms in total. The molecule has 5 rings (SSSR count). The Balaban J connectivity index is 1.07. The molecule has 0 aromatic heterocycles. The zero-order valence-corrected chi connectivity index (χ0v) is 22.0. The molecule has 1 aromatic carbocycles. The Bertz CT molecular complexity index is 1140. The predicted octanol–water partition coefficient (Wildman–Crippen LogP) is -0.0696. The molecule has 12 heteroatoms. The lowest BCUT2D eigenvalue weighted by molar-refractivity contribution is -0.138. The number of carbonyl (C=O) groups excluding carboxylic acids is 5. The average Bonchev–Trinajstić information content (AvgIpc) is 3.19. The highest BCUT2D eigenvalue weighted by atomic mass is 16.5. The number of nitrogens with two attached hydrogens (primary N) is 1. The Hall–Kier alpha value is -3.35. The maximum Gasteiger partial charge on any atom is 0.264 e. The van der Waals surface area contributed by atoms with Crippen LogP contribution in [-0.4, -0.2) is 108 Å². The predicted molar refractivity (Wildman–Crippen MR) is 141 cm³/mol. The van der Waals surface area contributed by atoms with E-state index in [9.17, 15) is 24.0 Å². The topological polar surface area (TPSA) is 154 Å². The number of hydrogen-bond acceptors (Lipinski definition) is 9. The van der Waals surface area contributed by atoms with E-state index in [2.05, 4.69) is 15.5 Å². The van der Waals surface area contributed by atoms with Crippen LogP contribution in [-0.2, 0) is 19.1 Å². The minimum absolute atomic E-state index is 0.0203. The fourth-order valence-electron chi connectivity index (χ4n) is 5.97. The third kappa shape index (κ3) is 5.82. The van der Waals surface area contributed by atoms with Crippen LogP contribution >= 0.6 is 0 Å². The lowest BCUT2D eigenvalue weighted by atomic mass is 9.90. The van der Waals surface area contributed by atoms with Crippen LogP contribution in [0.4, 0.5) is 5.69 Å². The second-order valence-electron chi connectivity index (χ2n) is 10.6. The van der Waals surface area contributed by atoms with Gasteiger partial charge < -0.3 is 20.7 Å². The van der Waals surface area contributed by atoms with Gasteiger partial charge in [0.1, 0.15) is 12.6 Å². The van der Waals surface area contributed by atoms with Crippen molar-refractivity contribution in [1.29, 1.82) is 0 Å². The number of hydrogen-bond donors (Lipinski definition) is 3. The lowest BCUT2D eigenvalue weighted by Crippen LogP contribution is -2.54. The highest BCUT2D eigenvalue weighted by molar-refractivity contribution is 6.25. The van der Waals surface area contributed by atoms with Gasteiger partial charge in [-0.25, -0.2) is 0 Å². The van der Waals surface area contributed by atoms with Gasteiger partial charge in [0.05, 0.1) is 17.7 Å². The molecule has 1 aromatic rings. The van der Waals surface area contributed by atoms with Gasteiger partial charge in [-0.2, -0.15) is 0 Å². The van der Waals surface area contributed by atoms with Gasteiger partial charge in [0.2, 0.25) is 17.7 Å². The number of carbonyl (C=O) groups is 5. The second-order valence-corrected chi connectivity index (χ2v) is 10.6. The monoisotopic (exact) mass is 540 g/mol. The third-order valence-corrected chi connectivity index (χ3v) is 8.18. The molecular weight excluding hydrogens is 504 g/mol. The first kappa shape index (κ1) is 27.2. The summed E-state index contributed by atoms with van der Waals surface area (Å²) in [6.07, 6.45) is 4.57. The Morgan fingerprint density at radius 2 is 1.74 bits per heavy atom. The molecule has 210 valence electrons. The van der Waals surface area contributed by atoms with Crippen LogP contribution in [0.1, 0.15) is 59.2 Å². The van der Waals surface area contributed by atoms with Crippen molar-refractivity contribution in [2.75, 3.05) is 51.3 Å². The molecule has 2 saturated heterocycles. The second kappa shape index (κ2) is 11.8. The molecule has 4 N–H and O–H groups in total. The zero-order valence-electron chi connectivity index (χ0n) is 22.0. The van der Waals surface area contributed by atoms with Gasteiger partial charge in [-0.3, -0.25) is 39.1 Å². The molecule has 1 unspecified atom stereocenters. The quantitative estimate of drug-likeness (QED) is 0.304. The number of ether oxygens (including phenoxy) is 1. The molecule has 3 heterocycles. The van der Waals surface area contributed by atoms with Crippen molar-refractivity contribution in [3.8, 4) is 0 Å². The summed E-state index contributed by atoms with van der Waals surface area (Å²) in [5.41, 5.74) is 6.88. The van der Waals surface area contributed by atoms with Gasteiger partial charge in [0.15, 0.2) is 0 Å². The van der Waals surface area contributed by atoms with E-state index in [1.54, 1.807) is 18.2 Å². The number of piperidine rings is 1. The highest BCUT2D eigenvalue weighted by Gasteiger charge is 2.45. The smallest absolute Gasteiger partial charge is 0.264 e. The normalized spacial score (nSPS) is 26.0. The lowest BCUT2D eigenvalue weighted by Gasteiger charge is -2.41. The van der Waals surface area contributed by atoms with Crippen LogP contribution in [0.15, 0.2) is 18.2 Å². The molecule has 0 bridgehead atoms. The fraction of sp³-hybridized carbons (Fsp3) is 0.593. The summed E-state index contributed by atoms with van der Waals surface area (Å²) in [5.74, 6) is -2.22. The number of nitrogens with one attached hydrogen (secondary N) is 2. The van der Waals surface area contributed by atoms with Crippen LogP contribution in [0, 0.1) is 0 Å². The first-order valence-electron chi connectivity index (χ1n) is 13.8. The summed E-state index contributed by atoms with van der Waals surface area (Å²) < 4.78 is 5.60. The summed E-state index contributed by atoms with van der Waals surface area (Å²) in [6, 6.07) is 4.77. The molecule has 4 aliphatic rings. The minimum atomic E-state index is -1.01. The third-order valence-electron chi connectivity index (χ3n) is 8.18. The molecular formula is C27H36N6O6. The molecule has 39 heavy (non-hydrogen) atoms. The Kier molecular flexibility index (Phi) is 8.24. The van der Waals surface area contributed by atoms with Crippen molar-refractivity contribution in [1.82, 2.24) is 20.0 Å². The number of imide groups is 2. The first-order chi connectivity index (χ1) is 18.8. The van der Waals surface area contributed by atoms with Crippen molar-refractivity contribution in [3.63, 3.8) is 0 Å². The van der Waals surface area contributed by atoms with E-state index in [4.69, 9.17) is 10.5 Å². The molecule has 1 aliphatic carbocycles. The van der Waals surface area contributed by atoms with Crippen molar-refractivity contribution in [2.24, 2.45) is 5.73 Å². The average molecular weight is 541 g/mol. The number of fused-ring (bicyclic) bond motifs is 1. The van der Waals surface area contributed by atoms with Crippen molar-refractivity contribution >= 4 is 35.2 Å². The highest BCUT2D eigenvalue weighted by Crippen LogP contribution is 2.32. The van der Waals surface area contributed by atoms with Crippen LogP contribution in [0.3, 0.4) is 0 Å². The molecule has 1 atom stereocenters. The van der Waals surface area contributed by atoms with Gasteiger partial charge in [-0.1, -0.05) is 6.07 Å². The van der Waals surface area contributed by atoms with Crippen molar-refractivity contribution in [2.45, 2.75) is 56.7 Å². The zero-order chi connectivity index (χ0) is 27.5. The SMILES string of the molecule is NC1CCC(N2CCN(C(=O)COCCNc3cccc4c3C(=O)N(C3CCC(=O)NC3=O)C4=O)CC2)CC1. The van der Waals surface area contributed by atoms with Crippen LogP contribution in [0.25, 0.3) is 0 Å². The van der Waals surface area contributed by atoms with E-state index >= 15 is 0 Å². The number of nitrogens with zero attached hydrogens (tertiary/aromatic N) is 3. The summed E-state index contributed by atoms with van der Waals surface area (Å²) in [6.45, 7) is 3.66. The largest absolute Gasteiger partial charge is 0.382 e. The fourth-order valence-corrected chi connectivity index (χ4v) is 5.97. The molecule has 5 amide bonds. The van der Waals surface area contributed by atoms with Crippen molar-refractivity contribution < 1.29 is 28.7 Å². The van der Waals surface area contributed by atoms with E-state index in [1.165, 1.54) is 0 Å². The maximum absolute atomic E-state index is 13.2. The molecule has 0 radical (unpaired) electrons. The summed E-state index contributed by atoms with van der Waals surface area (Å²) in [4.78, 5) is 67.8. The van der Waals surface area contributed by atoms with E-state index in [-0.39, 0.29) is 43.1 Å². The standard InChI is InChI=1S/C27H36N6O6/c28-17-4-6-18(7-5-17)31-11-13-32(14-12-31)23(35)16-39-15-10-29-20-3-1-2-19-24(20)27(38)33(26(19)37)21-8-9-22(34)30-25(21)36/h1-3,17-18,21,29H,4-16,28H2,(H,30,34,36). The number of benzene rings is 1. The molecule has 1 saturated carbocycles. The van der Waals surface area contributed by atoms with E-state index in [0.29, 0.717) is 37.4 Å². The van der Waals surface area contributed by atoms with Gasteiger partial charge >= 0.3 is 0 Å². The van der Waals surface area contributed by atoms with Crippen molar-refractivity contribution in [3.05, 3.63) is 29.3 Å². The summed E-state index contributed by atoms with van der Waals surface area (Å²) >= 11 is 0. The van der Waals surface area contributed by atoms with Gasteiger partial charge in [-0.05, 0) is 44.2 Å². The molecule has 3 fully saturated rings. The summed E-state index contributed by atoms with van der Waals surface area (Å²) in [7, 11) is 0.